The number of anilines is 3. The van der Waals surface area contributed by atoms with Gasteiger partial charge in [0.15, 0.2) is 5.82 Å². The van der Waals surface area contributed by atoms with Gasteiger partial charge in [-0.1, -0.05) is 31.4 Å². The van der Waals surface area contributed by atoms with Crippen LogP contribution in [0.3, 0.4) is 0 Å². The van der Waals surface area contributed by atoms with E-state index in [1.165, 1.54) is 0 Å². The van der Waals surface area contributed by atoms with Crippen LogP contribution in [0, 0.1) is 24.2 Å². The topological polar surface area (TPSA) is 93.3 Å². The second-order valence-corrected chi connectivity index (χ2v) is 9.99. The fourth-order valence-electron chi connectivity index (χ4n) is 5.35. The van der Waals surface area contributed by atoms with E-state index in [4.69, 9.17) is 21.9 Å². The first kappa shape index (κ1) is 26.3. The van der Waals surface area contributed by atoms with E-state index in [9.17, 15) is 0 Å². The molecule has 39 heavy (non-hydrogen) atoms. The summed E-state index contributed by atoms with van der Waals surface area (Å²) in [5, 5.41) is 8.77. The zero-order chi connectivity index (χ0) is 27.0. The Morgan fingerprint density at radius 1 is 1.08 bits per heavy atom. The van der Waals surface area contributed by atoms with Crippen LogP contribution in [-0.4, -0.2) is 51.9 Å². The van der Waals surface area contributed by atoms with Crippen LogP contribution >= 0.6 is 0 Å². The molecule has 3 aromatic rings. The molecule has 2 aromatic heterocycles. The standard InChI is InChI=1S/C31H35N7O/c1-3-5-7-8-9-14-29-33-18-17-30(34-29)38-23-15-16-24(38)22-37(21-23)27-20-26(35-36-31(27)32)25-12-10-11-13-28(25)39-19-6-4-2/h1,10-13,17-18,20,23-24H,4-8,15-16,19,21-22H2,2H3,(H2,32,36). The molecule has 2 N–H and O–H groups in total. The van der Waals surface area contributed by atoms with E-state index < -0.39 is 0 Å². The molecule has 0 aliphatic carbocycles. The van der Waals surface area contributed by atoms with Gasteiger partial charge in [0.25, 0.3) is 0 Å². The van der Waals surface area contributed by atoms with Gasteiger partial charge in [0.2, 0.25) is 5.82 Å². The number of fused-ring (bicyclic) bond motifs is 2. The van der Waals surface area contributed by atoms with Gasteiger partial charge in [0.05, 0.1) is 18.0 Å². The molecule has 2 atom stereocenters. The molecule has 2 aliphatic rings. The summed E-state index contributed by atoms with van der Waals surface area (Å²) in [5.41, 5.74) is 8.99. The zero-order valence-electron chi connectivity index (χ0n) is 22.5. The third kappa shape index (κ3) is 6.07. The monoisotopic (exact) mass is 521 g/mol. The number of benzene rings is 1. The van der Waals surface area contributed by atoms with Gasteiger partial charge in [-0.25, -0.2) is 9.97 Å². The number of hydrogen-bond donors (Lipinski definition) is 1. The molecular formula is C31H35N7O. The maximum atomic E-state index is 6.38. The second kappa shape index (κ2) is 12.5. The number of nitrogens with zero attached hydrogens (tertiary/aromatic N) is 6. The van der Waals surface area contributed by atoms with Crippen molar-refractivity contribution in [1.29, 1.82) is 0 Å². The smallest absolute Gasteiger partial charge is 0.206 e. The van der Waals surface area contributed by atoms with E-state index in [1.807, 2.05) is 30.3 Å². The molecule has 0 spiro atoms. The minimum absolute atomic E-state index is 0.316. The average molecular weight is 522 g/mol. The molecule has 0 amide bonds. The van der Waals surface area contributed by atoms with Crippen LogP contribution in [0.15, 0.2) is 42.6 Å². The van der Waals surface area contributed by atoms with Gasteiger partial charge in [0.1, 0.15) is 11.6 Å². The number of rotatable bonds is 9. The number of piperazine rings is 1. The van der Waals surface area contributed by atoms with Crippen LogP contribution in [0.25, 0.3) is 11.3 Å². The maximum Gasteiger partial charge on any atom is 0.206 e. The van der Waals surface area contributed by atoms with Gasteiger partial charge in [-0.2, -0.15) is 0 Å². The molecule has 0 radical (unpaired) electrons. The van der Waals surface area contributed by atoms with Crippen LogP contribution in [-0.2, 0) is 0 Å². The van der Waals surface area contributed by atoms with E-state index in [1.54, 1.807) is 6.20 Å². The zero-order valence-corrected chi connectivity index (χ0v) is 22.5. The summed E-state index contributed by atoms with van der Waals surface area (Å²) >= 11 is 0. The molecule has 2 unspecified atom stereocenters. The maximum absolute atomic E-state index is 6.38. The Morgan fingerprint density at radius 2 is 1.90 bits per heavy atom. The Bertz CT molecular complexity index is 1380. The lowest BCUT2D eigenvalue weighted by molar-refractivity contribution is 0.310. The van der Waals surface area contributed by atoms with Crippen molar-refractivity contribution in [3.63, 3.8) is 0 Å². The highest BCUT2D eigenvalue weighted by Crippen LogP contribution is 2.38. The second-order valence-electron chi connectivity index (χ2n) is 9.99. The number of unbranched alkanes of at least 4 members (excludes halogenated alkanes) is 3. The number of hydrogen-bond acceptors (Lipinski definition) is 8. The summed E-state index contributed by atoms with van der Waals surface area (Å²) in [5.74, 6) is 11.6. The van der Waals surface area contributed by atoms with Crippen molar-refractivity contribution in [3.8, 4) is 41.2 Å². The lowest BCUT2D eigenvalue weighted by Crippen LogP contribution is -2.54. The van der Waals surface area contributed by atoms with E-state index in [2.05, 4.69) is 55.7 Å². The van der Waals surface area contributed by atoms with Gasteiger partial charge in [-0.05, 0) is 55.9 Å². The number of nitrogen functional groups attached to an aromatic ring is 1. The lowest BCUT2D eigenvalue weighted by atomic mass is 10.1. The van der Waals surface area contributed by atoms with Crippen LogP contribution in [0.4, 0.5) is 17.3 Å². The van der Waals surface area contributed by atoms with Crippen molar-refractivity contribution >= 4 is 17.3 Å². The predicted molar refractivity (Wildman–Crippen MR) is 155 cm³/mol. The Kier molecular flexibility index (Phi) is 8.43. The fraction of sp³-hybridized carbons (Fsp3) is 0.419. The Labute approximate surface area is 231 Å². The van der Waals surface area contributed by atoms with Gasteiger partial charge in [0, 0.05) is 49.8 Å². The molecule has 0 saturated carbocycles. The number of nitrogens with two attached hydrogens (primary N) is 1. The molecule has 200 valence electrons. The molecule has 8 heteroatoms. The third-order valence-electron chi connectivity index (χ3n) is 7.27. The summed E-state index contributed by atoms with van der Waals surface area (Å²) < 4.78 is 6.06. The Morgan fingerprint density at radius 3 is 2.69 bits per heavy atom. The van der Waals surface area contributed by atoms with E-state index in [0.29, 0.717) is 30.3 Å². The Hall–Kier alpha value is -4.30. The van der Waals surface area contributed by atoms with Crippen molar-refractivity contribution < 1.29 is 4.74 Å². The van der Waals surface area contributed by atoms with E-state index in [0.717, 1.165) is 86.5 Å². The SMILES string of the molecule is C#CCCCC#Cc1nccc(N2C3CCC2CN(c2cc(-c4ccccc4OCCCC)nnc2N)C3)n1. The molecule has 2 bridgehead atoms. The van der Waals surface area contributed by atoms with Crippen molar-refractivity contribution in [3.05, 3.63) is 48.4 Å². The summed E-state index contributed by atoms with van der Waals surface area (Å²) in [7, 11) is 0. The molecule has 8 nitrogen and oxygen atoms in total. The van der Waals surface area contributed by atoms with Crippen molar-refractivity contribution in [2.24, 2.45) is 0 Å². The van der Waals surface area contributed by atoms with Crippen LogP contribution in [0.2, 0.25) is 0 Å². The number of terminal acetylenes is 1. The molecular weight excluding hydrogens is 486 g/mol. The first-order valence-corrected chi connectivity index (χ1v) is 13.8. The molecule has 1 aromatic carbocycles. The van der Waals surface area contributed by atoms with E-state index in [-0.39, 0.29) is 0 Å². The highest BCUT2D eigenvalue weighted by molar-refractivity contribution is 5.74. The minimum atomic E-state index is 0.316. The number of aromatic nitrogens is 4. The third-order valence-corrected chi connectivity index (χ3v) is 7.27. The van der Waals surface area contributed by atoms with Gasteiger partial charge in [-0.15, -0.1) is 22.5 Å². The highest BCUT2D eigenvalue weighted by atomic mass is 16.5. The molecule has 2 saturated heterocycles. The molecule has 5 rings (SSSR count). The van der Waals surface area contributed by atoms with Gasteiger partial charge < -0.3 is 20.3 Å². The van der Waals surface area contributed by atoms with Crippen molar-refractivity contribution in [2.45, 2.75) is 64.0 Å². The molecule has 4 heterocycles. The highest BCUT2D eigenvalue weighted by Gasteiger charge is 2.41. The van der Waals surface area contributed by atoms with E-state index >= 15 is 0 Å². The quantitative estimate of drug-likeness (QED) is 0.320. The van der Waals surface area contributed by atoms with Crippen LogP contribution in [0.5, 0.6) is 5.75 Å². The van der Waals surface area contributed by atoms with Gasteiger partial charge >= 0.3 is 0 Å². The Balaban J connectivity index is 1.33. The normalized spacial score (nSPS) is 17.8. The summed E-state index contributed by atoms with van der Waals surface area (Å²) in [6.45, 7) is 4.49. The van der Waals surface area contributed by atoms with Gasteiger partial charge in [-0.3, -0.25) is 0 Å². The predicted octanol–water partition coefficient (Wildman–Crippen LogP) is 4.71. The summed E-state index contributed by atoms with van der Waals surface area (Å²) in [4.78, 5) is 13.9. The minimum Gasteiger partial charge on any atom is -0.493 e. The summed E-state index contributed by atoms with van der Waals surface area (Å²) in [6.07, 6.45) is 13.8. The summed E-state index contributed by atoms with van der Waals surface area (Å²) in [6, 6.07) is 12.7. The molecule has 2 aliphatic heterocycles. The first-order chi connectivity index (χ1) is 19.2. The largest absolute Gasteiger partial charge is 0.493 e. The first-order valence-electron chi connectivity index (χ1n) is 13.8. The van der Waals surface area contributed by atoms with Crippen molar-refractivity contribution in [2.75, 3.05) is 35.2 Å². The number of para-hydroxylation sites is 1. The fourth-order valence-corrected chi connectivity index (χ4v) is 5.35. The van der Waals surface area contributed by atoms with Crippen molar-refractivity contribution in [1.82, 2.24) is 20.2 Å². The van der Waals surface area contributed by atoms with Crippen LogP contribution < -0.4 is 20.3 Å². The number of ether oxygens (including phenoxy) is 1. The lowest BCUT2D eigenvalue weighted by Gasteiger charge is -2.42. The average Bonchev–Trinajstić information content (AvgIpc) is 3.23. The molecule has 2 fully saturated rings. The van der Waals surface area contributed by atoms with Crippen LogP contribution in [0.1, 0.15) is 57.7 Å².